The molecule has 0 aliphatic rings. The van der Waals surface area contributed by atoms with Gasteiger partial charge in [-0.25, -0.2) is 4.98 Å². The molecule has 0 amide bonds. The summed E-state index contributed by atoms with van der Waals surface area (Å²) >= 11 is 1.55. The molecule has 1 aromatic heterocycles. The number of benzene rings is 1. The van der Waals surface area contributed by atoms with Gasteiger partial charge < -0.3 is 10.1 Å². The van der Waals surface area contributed by atoms with Gasteiger partial charge in [0.15, 0.2) is 5.13 Å². The first-order chi connectivity index (χ1) is 9.04. The van der Waals surface area contributed by atoms with Crippen molar-refractivity contribution in [2.75, 3.05) is 5.32 Å². The van der Waals surface area contributed by atoms with E-state index in [9.17, 15) is 8.78 Å². The van der Waals surface area contributed by atoms with Crippen molar-refractivity contribution in [1.82, 2.24) is 4.98 Å². The SMILES string of the molecule is Cc1cnc(NC(C)c2cccc(OC(F)F)c2)s1. The van der Waals surface area contributed by atoms with Gasteiger partial charge in [0.1, 0.15) is 5.75 Å². The van der Waals surface area contributed by atoms with Crippen LogP contribution in [0.2, 0.25) is 0 Å². The van der Waals surface area contributed by atoms with Crippen molar-refractivity contribution >= 4 is 16.5 Å². The molecule has 0 aliphatic carbocycles. The molecular formula is C13H14F2N2OS. The molecule has 19 heavy (non-hydrogen) atoms. The van der Waals surface area contributed by atoms with Crippen LogP contribution in [0, 0.1) is 6.92 Å². The van der Waals surface area contributed by atoms with E-state index in [0.717, 1.165) is 15.6 Å². The van der Waals surface area contributed by atoms with Gasteiger partial charge in [-0.05, 0) is 31.5 Å². The number of aromatic nitrogens is 1. The van der Waals surface area contributed by atoms with E-state index in [0.29, 0.717) is 0 Å². The fraction of sp³-hybridized carbons (Fsp3) is 0.308. The number of nitrogens with zero attached hydrogens (tertiary/aromatic N) is 1. The Balaban J connectivity index is 2.08. The molecule has 1 atom stereocenters. The predicted octanol–water partition coefficient (Wildman–Crippen LogP) is 4.23. The minimum Gasteiger partial charge on any atom is -0.435 e. The second-order valence-corrected chi connectivity index (χ2v) is 5.33. The van der Waals surface area contributed by atoms with Gasteiger partial charge in [-0.15, -0.1) is 11.3 Å². The Morgan fingerprint density at radius 3 is 2.79 bits per heavy atom. The smallest absolute Gasteiger partial charge is 0.387 e. The molecule has 0 fully saturated rings. The number of nitrogens with one attached hydrogen (secondary N) is 1. The molecule has 0 saturated heterocycles. The van der Waals surface area contributed by atoms with Crippen LogP contribution in [-0.4, -0.2) is 11.6 Å². The number of thiazole rings is 1. The number of halogens is 2. The number of rotatable bonds is 5. The minimum absolute atomic E-state index is 0.0354. The molecule has 0 bridgehead atoms. The summed E-state index contributed by atoms with van der Waals surface area (Å²) in [5, 5.41) is 4.03. The van der Waals surface area contributed by atoms with E-state index in [-0.39, 0.29) is 11.8 Å². The summed E-state index contributed by atoms with van der Waals surface area (Å²) in [6, 6.07) is 6.63. The third-order valence-electron chi connectivity index (χ3n) is 2.54. The van der Waals surface area contributed by atoms with Gasteiger partial charge in [0, 0.05) is 11.1 Å². The van der Waals surface area contributed by atoms with Crippen molar-refractivity contribution in [1.29, 1.82) is 0 Å². The number of anilines is 1. The zero-order valence-electron chi connectivity index (χ0n) is 10.6. The molecular weight excluding hydrogens is 270 g/mol. The number of ether oxygens (including phenoxy) is 1. The molecule has 0 saturated carbocycles. The zero-order valence-corrected chi connectivity index (χ0v) is 11.4. The Kier molecular flexibility index (Phi) is 4.31. The van der Waals surface area contributed by atoms with Gasteiger partial charge in [-0.3, -0.25) is 0 Å². The maximum atomic E-state index is 12.2. The summed E-state index contributed by atoms with van der Waals surface area (Å²) in [4.78, 5) is 5.32. The van der Waals surface area contributed by atoms with Crippen LogP contribution >= 0.6 is 11.3 Å². The molecule has 2 aromatic rings. The standard InChI is InChI=1S/C13H14F2N2OS/c1-8-7-16-13(19-8)17-9(2)10-4-3-5-11(6-10)18-12(14)15/h3-7,9,12H,1-2H3,(H,16,17). The van der Waals surface area contributed by atoms with Gasteiger partial charge >= 0.3 is 6.61 Å². The van der Waals surface area contributed by atoms with Crippen LogP contribution < -0.4 is 10.1 Å². The topological polar surface area (TPSA) is 34.2 Å². The number of hydrogen-bond donors (Lipinski definition) is 1. The number of alkyl halides is 2. The third kappa shape index (κ3) is 3.89. The summed E-state index contributed by atoms with van der Waals surface area (Å²) in [5.41, 5.74) is 0.867. The zero-order chi connectivity index (χ0) is 13.8. The van der Waals surface area contributed by atoms with E-state index in [4.69, 9.17) is 0 Å². The fourth-order valence-corrected chi connectivity index (χ4v) is 2.40. The molecule has 1 aromatic carbocycles. The van der Waals surface area contributed by atoms with Crippen LogP contribution in [0.15, 0.2) is 30.5 Å². The molecule has 1 heterocycles. The maximum Gasteiger partial charge on any atom is 0.387 e. The Morgan fingerprint density at radius 1 is 1.37 bits per heavy atom. The van der Waals surface area contributed by atoms with Crippen molar-refractivity contribution in [3.63, 3.8) is 0 Å². The number of aryl methyl sites for hydroxylation is 1. The van der Waals surface area contributed by atoms with E-state index >= 15 is 0 Å². The first kappa shape index (κ1) is 13.7. The lowest BCUT2D eigenvalue weighted by Crippen LogP contribution is -2.07. The highest BCUT2D eigenvalue weighted by atomic mass is 32.1. The summed E-state index contributed by atoms with van der Waals surface area (Å²) in [6.07, 6.45) is 1.79. The quantitative estimate of drug-likeness (QED) is 0.892. The van der Waals surface area contributed by atoms with Crippen molar-refractivity contribution in [3.8, 4) is 5.75 Å². The van der Waals surface area contributed by atoms with Gasteiger partial charge in [0.2, 0.25) is 0 Å². The molecule has 3 nitrogen and oxygen atoms in total. The van der Waals surface area contributed by atoms with E-state index in [1.54, 1.807) is 29.7 Å². The Hall–Kier alpha value is -1.69. The van der Waals surface area contributed by atoms with Crippen molar-refractivity contribution in [2.45, 2.75) is 26.5 Å². The summed E-state index contributed by atoms with van der Waals surface area (Å²) in [5.74, 6) is 0.163. The van der Waals surface area contributed by atoms with Crippen LogP contribution in [0.1, 0.15) is 23.4 Å². The first-order valence-electron chi connectivity index (χ1n) is 5.78. The Labute approximate surface area is 114 Å². The van der Waals surface area contributed by atoms with E-state index in [1.165, 1.54) is 6.07 Å². The van der Waals surface area contributed by atoms with Crippen molar-refractivity contribution in [2.24, 2.45) is 0 Å². The molecule has 1 unspecified atom stereocenters. The highest BCUT2D eigenvalue weighted by Crippen LogP contribution is 2.25. The Bertz CT molecular complexity index is 545. The van der Waals surface area contributed by atoms with Gasteiger partial charge in [0.05, 0.1) is 6.04 Å². The molecule has 6 heteroatoms. The lowest BCUT2D eigenvalue weighted by atomic mass is 10.1. The molecule has 102 valence electrons. The van der Waals surface area contributed by atoms with Crippen LogP contribution in [0.3, 0.4) is 0 Å². The van der Waals surface area contributed by atoms with Gasteiger partial charge in [0.25, 0.3) is 0 Å². The van der Waals surface area contributed by atoms with E-state index in [2.05, 4.69) is 15.0 Å². The fourth-order valence-electron chi connectivity index (χ4n) is 1.65. The summed E-state index contributed by atoms with van der Waals surface area (Å²) in [6.45, 7) is 1.11. The predicted molar refractivity (Wildman–Crippen MR) is 72.0 cm³/mol. The third-order valence-corrected chi connectivity index (χ3v) is 3.39. The monoisotopic (exact) mass is 284 g/mol. The Morgan fingerprint density at radius 2 is 2.16 bits per heavy atom. The second-order valence-electron chi connectivity index (χ2n) is 4.09. The van der Waals surface area contributed by atoms with E-state index < -0.39 is 6.61 Å². The van der Waals surface area contributed by atoms with Crippen molar-refractivity contribution in [3.05, 3.63) is 40.9 Å². The molecule has 0 spiro atoms. The molecule has 0 aliphatic heterocycles. The van der Waals surface area contributed by atoms with Crippen LogP contribution in [0.25, 0.3) is 0 Å². The molecule has 2 rings (SSSR count). The van der Waals surface area contributed by atoms with Crippen LogP contribution in [0.4, 0.5) is 13.9 Å². The molecule has 1 N–H and O–H groups in total. The second kappa shape index (κ2) is 5.97. The summed E-state index contributed by atoms with van der Waals surface area (Å²) in [7, 11) is 0. The largest absolute Gasteiger partial charge is 0.435 e. The lowest BCUT2D eigenvalue weighted by Gasteiger charge is -2.14. The van der Waals surface area contributed by atoms with Gasteiger partial charge in [-0.2, -0.15) is 8.78 Å². The average molecular weight is 284 g/mol. The van der Waals surface area contributed by atoms with Gasteiger partial charge in [-0.1, -0.05) is 12.1 Å². The van der Waals surface area contributed by atoms with Crippen LogP contribution in [-0.2, 0) is 0 Å². The minimum atomic E-state index is -2.81. The average Bonchev–Trinajstić information content (AvgIpc) is 2.74. The van der Waals surface area contributed by atoms with E-state index in [1.807, 2.05) is 19.9 Å². The summed E-state index contributed by atoms with van der Waals surface area (Å²) < 4.78 is 28.7. The highest BCUT2D eigenvalue weighted by molar-refractivity contribution is 7.15. The lowest BCUT2D eigenvalue weighted by molar-refractivity contribution is -0.0498. The molecule has 0 radical (unpaired) electrons. The first-order valence-corrected chi connectivity index (χ1v) is 6.60. The van der Waals surface area contributed by atoms with Crippen molar-refractivity contribution < 1.29 is 13.5 Å². The normalized spacial score (nSPS) is 12.5. The highest BCUT2D eigenvalue weighted by Gasteiger charge is 2.10. The van der Waals surface area contributed by atoms with Crippen LogP contribution in [0.5, 0.6) is 5.75 Å². The number of hydrogen-bond acceptors (Lipinski definition) is 4. The maximum absolute atomic E-state index is 12.2.